The van der Waals surface area contributed by atoms with E-state index in [-0.39, 0.29) is 16.6 Å². The molecule has 1 aliphatic rings. The van der Waals surface area contributed by atoms with Gasteiger partial charge in [-0.2, -0.15) is 0 Å². The fraction of sp³-hybridized carbons (Fsp3) is 0.789. The molecule has 6 heteroatoms. The molecule has 0 bridgehead atoms. The Morgan fingerprint density at radius 1 is 0.920 bits per heavy atom. The maximum atomic E-state index is 11.5. The standard InChI is InChI=1S/C19H33NO5/c1-19(2,3)9-8-16(18(23)24)15(17(21)22)7-5-4-6-10-20-11-13-25-14-12-20/h4-14H2,1-3H3,(H,21,22)(H,23,24). The lowest BCUT2D eigenvalue weighted by molar-refractivity contribution is -0.136. The molecule has 0 amide bonds. The number of carboxylic acid groups (broad SMARTS) is 2. The minimum absolute atomic E-state index is 0.0253. The van der Waals surface area contributed by atoms with Crippen molar-refractivity contribution in [3.63, 3.8) is 0 Å². The molecule has 0 saturated carbocycles. The summed E-state index contributed by atoms with van der Waals surface area (Å²) in [6.45, 7) is 10.5. The Morgan fingerprint density at radius 2 is 1.48 bits per heavy atom. The van der Waals surface area contributed by atoms with Crippen LogP contribution in [0.3, 0.4) is 0 Å². The number of nitrogens with zero attached hydrogens (tertiary/aromatic N) is 1. The zero-order chi connectivity index (χ0) is 18.9. The zero-order valence-corrected chi connectivity index (χ0v) is 15.8. The molecular formula is C19H33NO5. The Bertz CT molecular complexity index is 473. The lowest BCUT2D eigenvalue weighted by Gasteiger charge is -2.26. The van der Waals surface area contributed by atoms with E-state index < -0.39 is 11.9 Å². The smallest absolute Gasteiger partial charge is 0.332 e. The van der Waals surface area contributed by atoms with Crippen LogP contribution in [-0.2, 0) is 14.3 Å². The highest BCUT2D eigenvalue weighted by atomic mass is 16.5. The number of hydrogen-bond acceptors (Lipinski definition) is 4. The molecule has 1 fully saturated rings. The van der Waals surface area contributed by atoms with Gasteiger partial charge >= 0.3 is 11.9 Å². The topological polar surface area (TPSA) is 87.1 Å². The van der Waals surface area contributed by atoms with E-state index in [9.17, 15) is 19.8 Å². The highest BCUT2D eigenvalue weighted by Gasteiger charge is 2.22. The minimum atomic E-state index is -1.10. The Kier molecular flexibility index (Phi) is 9.14. The molecule has 2 N–H and O–H groups in total. The second kappa shape index (κ2) is 10.6. The van der Waals surface area contributed by atoms with Crippen LogP contribution in [0, 0.1) is 5.41 Å². The van der Waals surface area contributed by atoms with Crippen molar-refractivity contribution < 1.29 is 24.5 Å². The third-order valence-electron chi connectivity index (χ3n) is 4.51. The molecule has 0 aromatic carbocycles. The number of carbonyl (C=O) groups is 2. The first kappa shape index (κ1) is 21.6. The van der Waals surface area contributed by atoms with E-state index in [0.29, 0.717) is 25.7 Å². The summed E-state index contributed by atoms with van der Waals surface area (Å²) in [4.78, 5) is 25.4. The van der Waals surface area contributed by atoms with E-state index >= 15 is 0 Å². The number of carboxylic acids is 2. The molecule has 1 rings (SSSR count). The predicted octanol–water partition coefficient (Wildman–Crippen LogP) is 3.17. The van der Waals surface area contributed by atoms with Gasteiger partial charge in [-0.25, -0.2) is 9.59 Å². The average Bonchev–Trinajstić information content (AvgIpc) is 2.52. The number of ether oxygens (including phenoxy) is 1. The van der Waals surface area contributed by atoms with E-state index in [1.165, 1.54) is 0 Å². The van der Waals surface area contributed by atoms with Gasteiger partial charge in [-0.1, -0.05) is 27.2 Å². The van der Waals surface area contributed by atoms with E-state index in [0.717, 1.165) is 45.7 Å². The number of aliphatic carboxylic acids is 2. The van der Waals surface area contributed by atoms with Crippen molar-refractivity contribution >= 4 is 11.9 Å². The minimum Gasteiger partial charge on any atom is -0.478 e. The van der Waals surface area contributed by atoms with Gasteiger partial charge in [0, 0.05) is 24.2 Å². The Hall–Kier alpha value is -1.40. The van der Waals surface area contributed by atoms with Gasteiger partial charge in [0.05, 0.1) is 13.2 Å². The van der Waals surface area contributed by atoms with Gasteiger partial charge in [-0.15, -0.1) is 0 Å². The Balaban J connectivity index is 2.51. The molecule has 6 nitrogen and oxygen atoms in total. The fourth-order valence-corrected chi connectivity index (χ4v) is 2.91. The molecule has 1 aliphatic heterocycles. The summed E-state index contributed by atoms with van der Waals surface area (Å²) >= 11 is 0. The van der Waals surface area contributed by atoms with Crippen LogP contribution in [0.25, 0.3) is 0 Å². The summed E-state index contributed by atoms with van der Waals surface area (Å²) in [6.07, 6.45) is 3.89. The first-order valence-corrected chi connectivity index (χ1v) is 9.19. The largest absolute Gasteiger partial charge is 0.478 e. The normalized spacial score (nSPS) is 17.2. The van der Waals surface area contributed by atoms with E-state index in [4.69, 9.17) is 4.74 Å². The first-order valence-electron chi connectivity index (χ1n) is 9.19. The molecule has 144 valence electrons. The van der Waals surface area contributed by atoms with Gasteiger partial charge in [0.2, 0.25) is 0 Å². The monoisotopic (exact) mass is 355 g/mol. The molecule has 0 spiro atoms. The number of unbranched alkanes of at least 4 members (excludes halogenated alkanes) is 2. The molecule has 0 aromatic rings. The molecule has 0 unspecified atom stereocenters. The van der Waals surface area contributed by atoms with Crippen LogP contribution in [0.15, 0.2) is 11.1 Å². The second-order valence-corrected chi connectivity index (χ2v) is 7.89. The molecule has 0 aliphatic carbocycles. The molecule has 1 saturated heterocycles. The summed E-state index contributed by atoms with van der Waals surface area (Å²) in [7, 11) is 0. The van der Waals surface area contributed by atoms with Crippen LogP contribution in [0.1, 0.15) is 59.3 Å². The zero-order valence-electron chi connectivity index (χ0n) is 15.8. The number of morpholine rings is 1. The highest BCUT2D eigenvalue weighted by Crippen LogP contribution is 2.26. The van der Waals surface area contributed by atoms with Gasteiger partial charge in [-0.05, 0) is 44.1 Å². The molecule has 25 heavy (non-hydrogen) atoms. The van der Waals surface area contributed by atoms with Crippen molar-refractivity contribution in [2.75, 3.05) is 32.8 Å². The van der Waals surface area contributed by atoms with Gasteiger partial charge in [0.15, 0.2) is 0 Å². The summed E-state index contributed by atoms with van der Waals surface area (Å²) in [5, 5.41) is 18.9. The van der Waals surface area contributed by atoms with Crippen molar-refractivity contribution in [3.8, 4) is 0 Å². The van der Waals surface area contributed by atoms with Crippen LogP contribution < -0.4 is 0 Å². The number of rotatable bonds is 10. The van der Waals surface area contributed by atoms with Crippen molar-refractivity contribution in [2.24, 2.45) is 5.41 Å². The molecule has 0 aromatic heterocycles. The molecular weight excluding hydrogens is 322 g/mol. The summed E-state index contributed by atoms with van der Waals surface area (Å²) in [5.74, 6) is -2.20. The lowest BCUT2D eigenvalue weighted by Crippen LogP contribution is -2.36. The molecule has 0 radical (unpaired) electrons. The van der Waals surface area contributed by atoms with Crippen LogP contribution >= 0.6 is 0 Å². The maximum Gasteiger partial charge on any atom is 0.332 e. The van der Waals surface area contributed by atoms with E-state index in [1.807, 2.05) is 20.8 Å². The molecule has 1 heterocycles. The average molecular weight is 355 g/mol. The van der Waals surface area contributed by atoms with Crippen LogP contribution in [0.5, 0.6) is 0 Å². The maximum absolute atomic E-state index is 11.5. The summed E-state index contributed by atoms with van der Waals surface area (Å²) in [6, 6.07) is 0. The van der Waals surface area contributed by atoms with Gasteiger partial charge in [-0.3, -0.25) is 4.90 Å². The SMILES string of the molecule is CC(C)(C)CCC(C(=O)O)=C(CCCCCN1CCOCC1)C(=O)O. The Morgan fingerprint density at radius 3 is 2.00 bits per heavy atom. The third kappa shape index (κ3) is 9.02. The van der Waals surface area contributed by atoms with Crippen molar-refractivity contribution in [1.82, 2.24) is 4.90 Å². The van der Waals surface area contributed by atoms with Crippen LogP contribution in [0.4, 0.5) is 0 Å². The number of hydrogen-bond donors (Lipinski definition) is 2. The van der Waals surface area contributed by atoms with Gasteiger partial charge < -0.3 is 14.9 Å². The van der Waals surface area contributed by atoms with Gasteiger partial charge in [0.1, 0.15) is 0 Å². The van der Waals surface area contributed by atoms with Crippen molar-refractivity contribution in [3.05, 3.63) is 11.1 Å². The summed E-state index contributed by atoms with van der Waals surface area (Å²) in [5.41, 5.74) is 0.112. The van der Waals surface area contributed by atoms with Crippen molar-refractivity contribution in [2.45, 2.75) is 59.3 Å². The Labute approximate surface area is 150 Å². The van der Waals surface area contributed by atoms with Crippen LogP contribution in [-0.4, -0.2) is 59.9 Å². The second-order valence-electron chi connectivity index (χ2n) is 7.89. The molecule has 0 atom stereocenters. The first-order chi connectivity index (χ1) is 11.7. The van der Waals surface area contributed by atoms with E-state index in [1.54, 1.807) is 0 Å². The quantitative estimate of drug-likeness (QED) is 0.462. The predicted molar refractivity (Wildman–Crippen MR) is 96.7 cm³/mol. The third-order valence-corrected chi connectivity index (χ3v) is 4.51. The highest BCUT2D eigenvalue weighted by molar-refractivity contribution is 5.98. The van der Waals surface area contributed by atoms with Crippen molar-refractivity contribution in [1.29, 1.82) is 0 Å². The van der Waals surface area contributed by atoms with Gasteiger partial charge in [0.25, 0.3) is 0 Å². The summed E-state index contributed by atoms with van der Waals surface area (Å²) < 4.78 is 5.31. The van der Waals surface area contributed by atoms with Crippen LogP contribution in [0.2, 0.25) is 0 Å². The fourth-order valence-electron chi connectivity index (χ4n) is 2.91. The lowest BCUT2D eigenvalue weighted by atomic mass is 9.87. The van der Waals surface area contributed by atoms with E-state index in [2.05, 4.69) is 4.90 Å².